The van der Waals surface area contributed by atoms with Crippen LogP contribution in [-0.2, 0) is 11.3 Å². The van der Waals surface area contributed by atoms with Crippen LogP contribution in [0.25, 0.3) is 10.9 Å². The number of anilines is 1. The number of rotatable bonds is 5. The normalized spacial score (nSPS) is 10.9. The molecule has 6 nitrogen and oxygen atoms in total. The molecule has 0 atom stereocenters. The first kappa shape index (κ1) is 16.9. The van der Waals surface area contributed by atoms with Gasteiger partial charge in [-0.2, -0.15) is 0 Å². The van der Waals surface area contributed by atoms with Crippen molar-refractivity contribution in [3.05, 3.63) is 72.1 Å². The molecule has 0 radical (unpaired) electrons. The second-order valence-corrected chi connectivity index (χ2v) is 6.52. The molecule has 6 heteroatoms. The minimum atomic E-state index is -0.0765. The number of carbonyl (C=O) groups excluding carboxylic acids is 1. The Kier molecular flexibility index (Phi) is 4.38. The van der Waals surface area contributed by atoms with Crippen molar-refractivity contribution >= 4 is 22.5 Å². The first-order chi connectivity index (χ1) is 13.1. The topological polar surface area (TPSA) is 71.9 Å². The summed E-state index contributed by atoms with van der Waals surface area (Å²) in [4.78, 5) is 12.4. The largest absolute Gasteiger partial charge is 0.438 e. The molecule has 0 aliphatic heterocycles. The molecule has 0 unspecified atom stereocenters. The van der Waals surface area contributed by atoms with Gasteiger partial charge >= 0.3 is 0 Å². The Hall–Kier alpha value is -3.54. The second-order valence-electron chi connectivity index (χ2n) is 6.52. The molecule has 4 aromatic rings. The summed E-state index contributed by atoms with van der Waals surface area (Å²) in [5.74, 6) is 1.10. The molecule has 0 saturated carbocycles. The van der Waals surface area contributed by atoms with Crippen molar-refractivity contribution in [2.24, 2.45) is 0 Å². The van der Waals surface area contributed by atoms with Crippen LogP contribution < -0.4 is 10.1 Å². The molecule has 136 valence electrons. The summed E-state index contributed by atoms with van der Waals surface area (Å²) in [6, 6.07) is 17.1. The molecule has 2 heterocycles. The Morgan fingerprint density at radius 3 is 2.67 bits per heavy atom. The van der Waals surface area contributed by atoms with Crippen molar-refractivity contribution in [1.29, 1.82) is 0 Å². The first-order valence-corrected chi connectivity index (χ1v) is 8.73. The fourth-order valence-electron chi connectivity index (χ4n) is 3.09. The number of H-pyrrole nitrogens is 1. The summed E-state index contributed by atoms with van der Waals surface area (Å²) >= 11 is 0. The fourth-order valence-corrected chi connectivity index (χ4v) is 3.09. The maximum Gasteiger partial charge on any atom is 0.244 e. The minimum absolute atomic E-state index is 0.0765. The maximum atomic E-state index is 12.4. The van der Waals surface area contributed by atoms with Gasteiger partial charge < -0.3 is 14.6 Å². The van der Waals surface area contributed by atoms with Gasteiger partial charge in [-0.05, 0) is 49.7 Å². The van der Waals surface area contributed by atoms with Crippen molar-refractivity contribution < 1.29 is 9.53 Å². The number of aromatic nitrogens is 3. The molecular weight excluding hydrogens is 340 g/mol. The van der Waals surface area contributed by atoms with Crippen LogP contribution in [0.4, 0.5) is 5.69 Å². The molecule has 4 rings (SSSR count). The number of nitrogens with zero attached hydrogens (tertiary/aromatic N) is 2. The third kappa shape index (κ3) is 3.69. The molecule has 2 N–H and O–H groups in total. The average molecular weight is 360 g/mol. The van der Waals surface area contributed by atoms with Crippen LogP contribution in [0, 0.1) is 13.8 Å². The number of amides is 1. The van der Waals surface area contributed by atoms with Crippen LogP contribution in [0.1, 0.15) is 11.3 Å². The van der Waals surface area contributed by atoms with E-state index < -0.39 is 0 Å². The number of carbonyl (C=O) groups is 1. The van der Waals surface area contributed by atoms with Crippen molar-refractivity contribution in [3.63, 3.8) is 0 Å². The second kappa shape index (κ2) is 6.99. The van der Waals surface area contributed by atoms with E-state index in [1.54, 1.807) is 12.1 Å². The molecule has 2 aromatic carbocycles. The Balaban J connectivity index is 1.42. The smallest absolute Gasteiger partial charge is 0.244 e. The first-order valence-electron chi connectivity index (χ1n) is 8.73. The van der Waals surface area contributed by atoms with Crippen LogP contribution in [0.5, 0.6) is 11.6 Å². The van der Waals surface area contributed by atoms with Gasteiger partial charge in [0.2, 0.25) is 11.8 Å². The highest BCUT2D eigenvalue weighted by molar-refractivity contribution is 5.92. The Morgan fingerprint density at radius 1 is 1.15 bits per heavy atom. The summed E-state index contributed by atoms with van der Waals surface area (Å²) < 4.78 is 7.62. The summed E-state index contributed by atoms with van der Waals surface area (Å²) in [5.41, 5.74) is 3.87. The van der Waals surface area contributed by atoms with Crippen LogP contribution >= 0.6 is 0 Å². The number of hydrogen-bond acceptors (Lipinski definition) is 3. The van der Waals surface area contributed by atoms with Crippen LogP contribution in [0.2, 0.25) is 0 Å². The Bertz CT molecular complexity index is 1090. The van der Waals surface area contributed by atoms with E-state index >= 15 is 0 Å². The fraction of sp³-hybridized carbons (Fsp3) is 0.143. The molecular formula is C21H20N4O2. The highest BCUT2D eigenvalue weighted by Crippen LogP contribution is 2.23. The molecule has 0 saturated heterocycles. The van der Waals surface area contributed by atoms with Gasteiger partial charge in [-0.15, -0.1) is 5.10 Å². The number of aryl methyl sites for hydroxylation is 2. The van der Waals surface area contributed by atoms with Crippen LogP contribution in [-0.4, -0.2) is 20.7 Å². The molecule has 0 fully saturated rings. The van der Waals surface area contributed by atoms with E-state index in [9.17, 15) is 4.79 Å². The van der Waals surface area contributed by atoms with E-state index in [1.807, 2.05) is 54.1 Å². The van der Waals surface area contributed by atoms with Gasteiger partial charge in [-0.1, -0.05) is 18.2 Å². The zero-order valence-electron chi connectivity index (χ0n) is 15.2. The molecule has 0 bridgehead atoms. The van der Waals surface area contributed by atoms with Gasteiger partial charge in [0.05, 0.1) is 0 Å². The number of aromatic amines is 1. The average Bonchev–Trinajstić information content (AvgIpc) is 3.20. The number of benzene rings is 2. The van der Waals surface area contributed by atoms with Crippen molar-refractivity contribution in [2.45, 2.75) is 20.4 Å². The summed E-state index contributed by atoms with van der Waals surface area (Å²) in [6.45, 7) is 4.23. The molecule has 1 amide bonds. The van der Waals surface area contributed by atoms with E-state index in [0.29, 0.717) is 11.6 Å². The number of ether oxygens (including phenoxy) is 1. The van der Waals surface area contributed by atoms with Gasteiger partial charge in [-0.3, -0.25) is 9.89 Å². The molecule has 0 aliphatic carbocycles. The predicted octanol–water partition coefficient (Wildman–Crippen LogP) is 4.41. The lowest BCUT2D eigenvalue weighted by Crippen LogP contribution is -2.18. The van der Waals surface area contributed by atoms with E-state index in [-0.39, 0.29) is 12.5 Å². The molecule has 2 aromatic heterocycles. The van der Waals surface area contributed by atoms with Gasteiger partial charge in [-0.25, -0.2) is 0 Å². The van der Waals surface area contributed by atoms with Crippen LogP contribution in [0.15, 0.2) is 60.8 Å². The SMILES string of the molecule is Cc1cc(Oc2ccc(NC(=O)Cn3cc(C)c4ccccc43)cc2)n[nH]1. The lowest BCUT2D eigenvalue weighted by Gasteiger charge is -2.08. The zero-order chi connectivity index (χ0) is 18.8. The van der Waals surface area contributed by atoms with E-state index in [4.69, 9.17) is 4.74 Å². The third-order valence-electron chi connectivity index (χ3n) is 4.34. The Morgan fingerprint density at radius 2 is 1.93 bits per heavy atom. The van der Waals surface area contributed by atoms with Gasteiger partial charge in [0.1, 0.15) is 12.3 Å². The number of nitrogens with one attached hydrogen (secondary N) is 2. The van der Waals surface area contributed by atoms with Crippen molar-refractivity contribution in [2.75, 3.05) is 5.32 Å². The maximum absolute atomic E-state index is 12.4. The lowest BCUT2D eigenvalue weighted by molar-refractivity contribution is -0.116. The minimum Gasteiger partial charge on any atom is -0.438 e. The van der Waals surface area contributed by atoms with Crippen molar-refractivity contribution in [1.82, 2.24) is 14.8 Å². The quantitative estimate of drug-likeness (QED) is 0.554. The van der Waals surface area contributed by atoms with E-state index in [0.717, 1.165) is 22.5 Å². The number of fused-ring (bicyclic) bond motifs is 1. The summed E-state index contributed by atoms with van der Waals surface area (Å²) in [5, 5.41) is 11.0. The highest BCUT2D eigenvalue weighted by Gasteiger charge is 2.09. The summed E-state index contributed by atoms with van der Waals surface area (Å²) in [6.07, 6.45) is 2.01. The molecule has 0 spiro atoms. The van der Waals surface area contributed by atoms with Crippen molar-refractivity contribution in [3.8, 4) is 11.6 Å². The number of para-hydroxylation sites is 1. The number of hydrogen-bond donors (Lipinski definition) is 2. The zero-order valence-corrected chi connectivity index (χ0v) is 15.2. The van der Waals surface area contributed by atoms with Gasteiger partial charge in [0.25, 0.3) is 0 Å². The van der Waals surface area contributed by atoms with E-state index in [1.165, 1.54) is 5.39 Å². The third-order valence-corrected chi connectivity index (χ3v) is 4.34. The highest BCUT2D eigenvalue weighted by atomic mass is 16.5. The standard InChI is InChI=1S/C21H20N4O2/c1-14-12-25(19-6-4-3-5-18(14)19)13-20(26)22-16-7-9-17(10-8-16)27-21-11-15(2)23-24-21/h3-12H,13H2,1-2H3,(H,22,26)(H,23,24). The molecule has 0 aliphatic rings. The van der Waals surface area contributed by atoms with E-state index in [2.05, 4.69) is 28.5 Å². The van der Waals surface area contributed by atoms with Crippen LogP contribution in [0.3, 0.4) is 0 Å². The Labute approximate surface area is 156 Å². The van der Waals surface area contributed by atoms with Gasteiger partial charge in [0.15, 0.2) is 0 Å². The monoisotopic (exact) mass is 360 g/mol. The predicted molar refractivity (Wildman–Crippen MR) is 105 cm³/mol. The molecule has 27 heavy (non-hydrogen) atoms. The lowest BCUT2D eigenvalue weighted by atomic mass is 10.2. The van der Waals surface area contributed by atoms with Gasteiger partial charge in [0, 0.05) is 34.5 Å². The summed E-state index contributed by atoms with van der Waals surface area (Å²) in [7, 11) is 0.